The number of hydrogen-bond donors (Lipinski definition) is 2. The van der Waals surface area contributed by atoms with Crippen molar-refractivity contribution in [1.29, 1.82) is 0 Å². The van der Waals surface area contributed by atoms with Gasteiger partial charge in [0.25, 0.3) is 0 Å². The first-order valence-corrected chi connectivity index (χ1v) is 7.27. The number of carbonyl (C=O) groups excluding carboxylic acids is 1. The minimum atomic E-state index is -0.634. The Morgan fingerprint density at radius 1 is 1.33 bits per heavy atom. The molecule has 0 radical (unpaired) electrons. The van der Waals surface area contributed by atoms with Crippen molar-refractivity contribution in [3.05, 3.63) is 41.0 Å². The quantitative estimate of drug-likeness (QED) is 0.658. The van der Waals surface area contributed by atoms with Crippen LogP contribution in [0.3, 0.4) is 0 Å². The molecule has 0 saturated heterocycles. The summed E-state index contributed by atoms with van der Waals surface area (Å²) < 4.78 is 4.93. The van der Waals surface area contributed by atoms with Crippen LogP contribution in [0.5, 0.6) is 5.75 Å². The summed E-state index contributed by atoms with van der Waals surface area (Å²) >= 11 is 5.73. The number of aromatic hydroxyl groups is 1. The van der Waals surface area contributed by atoms with E-state index >= 15 is 0 Å². The molecule has 0 bridgehead atoms. The van der Waals surface area contributed by atoms with Crippen molar-refractivity contribution >= 4 is 28.3 Å². The highest BCUT2D eigenvalue weighted by Crippen LogP contribution is 2.32. The van der Waals surface area contributed by atoms with Gasteiger partial charge in [0.2, 0.25) is 0 Å². The van der Waals surface area contributed by atoms with Gasteiger partial charge in [-0.1, -0.05) is 18.2 Å². The van der Waals surface area contributed by atoms with Crippen LogP contribution >= 0.6 is 11.6 Å². The normalized spacial score (nSPS) is 10.8. The average Bonchev–Trinajstić information content (AvgIpc) is 2.46. The van der Waals surface area contributed by atoms with Gasteiger partial charge in [-0.3, -0.25) is 0 Å². The summed E-state index contributed by atoms with van der Waals surface area (Å²) in [6.07, 6.45) is 0.715. The number of phenolic OH excluding ortho intramolecular Hbond substituents is 1. The highest BCUT2D eigenvalue weighted by Gasteiger charge is 2.20. The summed E-state index contributed by atoms with van der Waals surface area (Å²) in [6, 6.07) is 7.13. The van der Waals surface area contributed by atoms with E-state index in [-0.39, 0.29) is 24.5 Å². The Morgan fingerprint density at radius 2 is 2.10 bits per heavy atom. The monoisotopic (exact) mass is 308 g/mol. The van der Waals surface area contributed by atoms with Crippen LogP contribution in [-0.4, -0.2) is 28.7 Å². The van der Waals surface area contributed by atoms with Gasteiger partial charge in [0.1, 0.15) is 11.3 Å². The second-order valence-electron chi connectivity index (χ2n) is 4.62. The smallest absolute Gasteiger partial charge is 0.342 e. The molecule has 0 aromatic heterocycles. The molecule has 112 valence electrons. The predicted octanol–water partition coefficient (Wildman–Crippen LogP) is 3.00. The Labute approximate surface area is 127 Å². The van der Waals surface area contributed by atoms with Crippen molar-refractivity contribution in [2.75, 3.05) is 12.5 Å². The van der Waals surface area contributed by atoms with E-state index in [0.29, 0.717) is 17.9 Å². The fraction of sp³-hybridized carbons (Fsp3) is 0.312. The number of phenols is 1. The number of aliphatic hydroxyl groups excluding tert-OH is 1. The molecule has 4 nitrogen and oxygen atoms in total. The molecular weight excluding hydrogens is 292 g/mol. The molecule has 5 heteroatoms. The summed E-state index contributed by atoms with van der Waals surface area (Å²) in [5.74, 6) is -0.315. The number of alkyl halides is 1. The van der Waals surface area contributed by atoms with Crippen molar-refractivity contribution < 1.29 is 19.7 Å². The number of ether oxygens (including phenoxy) is 1. The van der Waals surface area contributed by atoms with Gasteiger partial charge in [-0.25, -0.2) is 4.79 Å². The molecular formula is C16H17ClO4. The highest BCUT2D eigenvalue weighted by atomic mass is 35.5. The topological polar surface area (TPSA) is 66.8 Å². The second kappa shape index (κ2) is 6.78. The van der Waals surface area contributed by atoms with Crippen LogP contribution in [0.1, 0.15) is 28.4 Å². The fourth-order valence-electron chi connectivity index (χ4n) is 2.38. The Bertz CT molecular complexity index is 667. The molecule has 0 aliphatic carbocycles. The van der Waals surface area contributed by atoms with Crippen LogP contribution in [0.15, 0.2) is 24.3 Å². The third kappa shape index (κ3) is 3.12. The molecule has 2 N–H and O–H groups in total. The Kier molecular flexibility index (Phi) is 5.04. The van der Waals surface area contributed by atoms with Gasteiger partial charge >= 0.3 is 5.97 Å². The Morgan fingerprint density at radius 3 is 2.71 bits per heavy atom. The van der Waals surface area contributed by atoms with Gasteiger partial charge in [0, 0.05) is 11.4 Å². The van der Waals surface area contributed by atoms with Crippen LogP contribution in [-0.2, 0) is 17.8 Å². The van der Waals surface area contributed by atoms with Gasteiger partial charge in [0.05, 0.1) is 13.2 Å². The van der Waals surface area contributed by atoms with Crippen molar-refractivity contribution in [2.24, 2.45) is 0 Å². The number of fused-ring (bicyclic) bond motifs is 1. The molecule has 2 rings (SSSR count). The second-order valence-corrected chi connectivity index (χ2v) is 5.00. The standard InChI is InChI=1S/C16H17ClO4/c1-2-21-16(20)15-13(9-18)12-4-3-10(5-6-17)7-11(12)8-14(15)19/h3-4,7-8,18-19H,2,5-6,9H2,1H3. The number of carbonyl (C=O) groups is 1. The SMILES string of the molecule is CCOC(=O)c1c(O)cc2cc(CCCl)ccc2c1CO. The fourth-order valence-corrected chi connectivity index (χ4v) is 2.59. The van der Waals surface area contributed by atoms with Gasteiger partial charge in [-0.2, -0.15) is 0 Å². The zero-order valence-corrected chi connectivity index (χ0v) is 12.5. The van der Waals surface area contributed by atoms with Gasteiger partial charge < -0.3 is 14.9 Å². The van der Waals surface area contributed by atoms with Crippen LogP contribution in [0, 0.1) is 0 Å². The number of hydrogen-bond acceptors (Lipinski definition) is 4. The van der Waals surface area contributed by atoms with Crippen molar-refractivity contribution in [2.45, 2.75) is 20.0 Å². The largest absolute Gasteiger partial charge is 0.507 e. The summed E-state index contributed by atoms with van der Waals surface area (Å²) in [5.41, 5.74) is 1.43. The van der Waals surface area contributed by atoms with Crippen LogP contribution in [0.25, 0.3) is 10.8 Å². The lowest BCUT2D eigenvalue weighted by Crippen LogP contribution is -2.09. The van der Waals surface area contributed by atoms with E-state index in [9.17, 15) is 15.0 Å². The first kappa shape index (κ1) is 15.6. The first-order chi connectivity index (χ1) is 10.1. The van der Waals surface area contributed by atoms with E-state index in [1.165, 1.54) is 6.07 Å². The van der Waals surface area contributed by atoms with Crippen molar-refractivity contribution in [3.8, 4) is 5.75 Å². The lowest BCUT2D eigenvalue weighted by molar-refractivity contribution is 0.0519. The maximum atomic E-state index is 11.9. The summed E-state index contributed by atoms with van der Waals surface area (Å²) in [7, 11) is 0. The van der Waals surface area contributed by atoms with Crippen LogP contribution in [0.4, 0.5) is 0 Å². The predicted molar refractivity (Wildman–Crippen MR) is 81.9 cm³/mol. The number of rotatable bonds is 5. The zero-order valence-electron chi connectivity index (χ0n) is 11.7. The molecule has 0 unspecified atom stereocenters. The Hall–Kier alpha value is -1.78. The average molecular weight is 309 g/mol. The van der Waals surface area contributed by atoms with E-state index in [1.54, 1.807) is 6.92 Å². The number of halogens is 1. The summed E-state index contributed by atoms with van der Waals surface area (Å²) in [5, 5.41) is 21.2. The molecule has 0 atom stereocenters. The number of aryl methyl sites for hydroxylation is 1. The molecule has 2 aromatic carbocycles. The first-order valence-electron chi connectivity index (χ1n) is 6.73. The van der Waals surface area contributed by atoms with Gasteiger partial charge in [0.15, 0.2) is 0 Å². The molecule has 0 amide bonds. The molecule has 0 heterocycles. The van der Waals surface area contributed by atoms with Gasteiger partial charge in [-0.15, -0.1) is 11.6 Å². The van der Waals surface area contributed by atoms with E-state index in [4.69, 9.17) is 16.3 Å². The lowest BCUT2D eigenvalue weighted by atomic mass is 9.96. The molecule has 0 spiro atoms. The number of esters is 1. The summed E-state index contributed by atoms with van der Waals surface area (Å²) in [4.78, 5) is 11.9. The van der Waals surface area contributed by atoms with Crippen LogP contribution < -0.4 is 0 Å². The molecule has 0 saturated carbocycles. The maximum Gasteiger partial charge on any atom is 0.342 e. The minimum absolute atomic E-state index is 0.0249. The van der Waals surface area contributed by atoms with Crippen molar-refractivity contribution in [3.63, 3.8) is 0 Å². The third-order valence-corrected chi connectivity index (χ3v) is 3.50. The number of aliphatic hydroxyl groups is 1. The van der Waals surface area contributed by atoms with E-state index < -0.39 is 5.97 Å². The maximum absolute atomic E-state index is 11.9. The lowest BCUT2D eigenvalue weighted by Gasteiger charge is -2.13. The zero-order chi connectivity index (χ0) is 15.4. The molecule has 0 aliphatic heterocycles. The van der Waals surface area contributed by atoms with Gasteiger partial charge in [-0.05, 0) is 35.7 Å². The third-order valence-electron chi connectivity index (χ3n) is 3.31. The van der Waals surface area contributed by atoms with Crippen molar-refractivity contribution in [1.82, 2.24) is 0 Å². The van der Waals surface area contributed by atoms with Crippen LogP contribution in [0.2, 0.25) is 0 Å². The Balaban J connectivity index is 2.64. The summed E-state index contributed by atoms with van der Waals surface area (Å²) in [6.45, 7) is 1.54. The molecule has 21 heavy (non-hydrogen) atoms. The minimum Gasteiger partial charge on any atom is -0.507 e. The molecule has 0 fully saturated rings. The van der Waals surface area contributed by atoms with E-state index in [2.05, 4.69) is 0 Å². The molecule has 0 aliphatic rings. The molecule has 2 aromatic rings. The number of benzene rings is 2. The van der Waals surface area contributed by atoms with E-state index in [1.807, 2.05) is 18.2 Å². The van der Waals surface area contributed by atoms with E-state index in [0.717, 1.165) is 16.3 Å². The highest BCUT2D eigenvalue weighted by molar-refractivity contribution is 6.18.